The Morgan fingerprint density at radius 2 is 2.18 bits per heavy atom. The maximum atomic E-state index is 10.7. The maximum absolute atomic E-state index is 10.7. The van der Waals surface area contributed by atoms with Gasteiger partial charge >= 0.3 is 0 Å². The average molecular weight is 199 g/mol. The lowest BCUT2D eigenvalue weighted by Gasteiger charge is -2.14. The fourth-order valence-corrected chi connectivity index (χ4v) is 1.91. The van der Waals surface area contributed by atoms with E-state index in [-0.39, 0.29) is 0 Å². The van der Waals surface area contributed by atoms with Gasteiger partial charge in [-0.2, -0.15) is 4.83 Å². The van der Waals surface area contributed by atoms with E-state index in [1.807, 2.05) is 0 Å². The topological polar surface area (TPSA) is 112 Å². The van der Waals surface area contributed by atoms with Crippen LogP contribution in [0.25, 0.3) is 0 Å². The van der Waals surface area contributed by atoms with Gasteiger partial charge < -0.3 is 4.55 Å². The molecule has 0 bridgehead atoms. The molecular weight excluding hydrogens is 192 g/mol. The van der Waals surface area contributed by atoms with Crippen molar-refractivity contribution < 1.29 is 17.2 Å². The third-order valence-electron chi connectivity index (χ3n) is 0.852. The van der Waals surface area contributed by atoms with Crippen molar-refractivity contribution in [3.63, 3.8) is 0 Å². The van der Waals surface area contributed by atoms with Crippen LogP contribution in [0.15, 0.2) is 12.7 Å². The summed E-state index contributed by atoms with van der Waals surface area (Å²) in [4.78, 5) is 1.38. The highest BCUT2D eigenvalue weighted by Gasteiger charge is 2.21. The number of hydrazine groups is 1. The SMILES string of the molecule is C=CC(S(=O)[O-])S(=O)(=O)NN. The van der Waals surface area contributed by atoms with Crippen LogP contribution >= 0.6 is 0 Å². The van der Waals surface area contributed by atoms with Crippen LogP contribution < -0.4 is 10.7 Å². The van der Waals surface area contributed by atoms with Crippen molar-refractivity contribution in [1.82, 2.24) is 4.83 Å². The van der Waals surface area contributed by atoms with Gasteiger partial charge in [0, 0.05) is 0 Å². The molecule has 11 heavy (non-hydrogen) atoms. The van der Waals surface area contributed by atoms with Gasteiger partial charge in [0.15, 0.2) is 4.58 Å². The zero-order valence-corrected chi connectivity index (χ0v) is 7.02. The maximum Gasteiger partial charge on any atom is 0.241 e. The van der Waals surface area contributed by atoms with Crippen LogP contribution in [0.2, 0.25) is 0 Å². The minimum Gasteiger partial charge on any atom is -0.771 e. The van der Waals surface area contributed by atoms with Crippen LogP contribution in [0.4, 0.5) is 0 Å². The molecule has 3 N–H and O–H groups in total. The zero-order valence-electron chi connectivity index (χ0n) is 5.39. The number of rotatable bonds is 4. The average Bonchev–Trinajstić information content (AvgIpc) is 1.88. The summed E-state index contributed by atoms with van der Waals surface area (Å²) in [6.45, 7) is 3.03. The summed E-state index contributed by atoms with van der Waals surface area (Å²) in [6.07, 6.45) is 0.762. The van der Waals surface area contributed by atoms with E-state index in [4.69, 9.17) is 0 Å². The lowest BCUT2D eigenvalue weighted by molar-refractivity contribution is 0.532. The van der Waals surface area contributed by atoms with Crippen molar-refractivity contribution in [2.45, 2.75) is 4.58 Å². The van der Waals surface area contributed by atoms with Crippen molar-refractivity contribution in [2.75, 3.05) is 0 Å². The molecule has 66 valence electrons. The molecule has 2 atom stereocenters. The Balaban J connectivity index is 4.80. The molecular formula is C3H7N2O4S2-. The van der Waals surface area contributed by atoms with E-state index < -0.39 is 25.7 Å². The highest BCUT2D eigenvalue weighted by molar-refractivity contribution is 8.03. The number of nitrogens with two attached hydrogens (primary N) is 1. The predicted octanol–water partition coefficient (Wildman–Crippen LogP) is -1.83. The molecule has 0 aliphatic heterocycles. The summed E-state index contributed by atoms with van der Waals surface area (Å²) < 4.78 is 40.0. The first-order valence-corrected chi connectivity index (χ1v) is 5.06. The van der Waals surface area contributed by atoms with Crippen molar-refractivity contribution in [2.24, 2.45) is 5.84 Å². The first kappa shape index (κ1) is 10.7. The summed E-state index contributed by atoms with van der Waals surface area (Å²) in [5.74, 6) is 4.56. The summed E-state index contributed by atoms with van der Waals surface area (Å²) in [5, 5.41) is 0. The van der Waals surface area contributed by atoms with Gasteiger partial charge in [0.25, 0.3) is 0 Å². The van der Waals surface area contributed by atoms with Crippen LogP contribution in [0.5, 0.6) is 0 Å². The van der Waals surface area contributed by atoms with E-state index in [2.05, 4.69) is 12.4 Å². The summed E-state index contributed by atoms with van der Waals surface area (Å²) in [7, 11) is -4.01. The summed E-state index contributed by atoms with van der Waals surface area (Å²) in [5.41, 5.74) is 0. The van der Waals surface area contributed by atoms with Gasteiger partial charge in [0.1, 0.15) is 0 Å². The first-order valence-electron chi connectivity index (χ1n) is 2.37. The third kappa shape index (κ3) is 2.67. The summed E-state index contributed by atoms with van der Waals surface area (Å²) >= 11 is -2.77. The van der Waals surface area contributed by atoms with E-state index in [0.29, 0.717) is 0 Å². The number of hydrogen-bond donors (Lipinski definition) is 2. The second kappa shape index (κ2) is 3.93. The fourth-order valence-electron chi connectivity index (χ4n) is 0.376. The number of nitrogens with one attached hydrogen (secondary N) is 1. The Kier molecular flexibility index (Phi) is 3.83. The molecule has 0 aromatic rings. The molecule has 0 rings (SSSR count). The molecule has 0 aromatic carbocycles. The third-order valence-corrected chi connectivity index (χ3v) is 3.79. The molecule has 0 heterocycles. The Morgan fingerprint density at radius 1 is 1.73 bits per heavy atom. The van der Waals surface area contributed by atoms with Crippen molar-refractivity contribution in [3.05, 3.63) is 12.7 Å². The lowest BCUT2D eigenvalue weighted by Crippen LogP contribution is -2.39. The van der Waals surface area contributed by atoms with E-state index in [1.165, 1.54) is 4.83 Å². The Labute approximate surface area is 66.8 Å². The van der Waals surface area contributed by atoms with Gasteiger partial charge in [-0.3, -0.25) is 10.1 Å². The normalized spacial score (nSPS) is 17.3. The molecule has 0 aliphatic carbocycles. The Hall–Kier alpha value is -0.280. The molecule has 0 aromatic heterocycles. The highest BCUT2D eigenvalue weighted by atomic mass is 32.3. The van der Waals surface area contributed by atoms with Crippen LogP contribution in [0, 0.1) is 0 Å². The van der Waals surface area contributed by atoms with E-state index in [1.54, 1.807) is 0 Å². The quantitative estimate of drug-likeness (QED) is 0.239. The van der Waals surface area contributed by atoms with Gasteiger partial charge in [0.05, 0.1) is 0 Å². The van der Waals surface area contributed by atoms with E-state index >= 15 is 0 Å². The van der Waals surface area contributed by atoms with Crippen LogP contribution in [-0.4, -0.2) is 21.8 Å². The number of hydrogen-bond acceptors (Lipinski definition) is 5. The molecule has 0 aliphatic rings. The minimum atomic E-state index is -4.01. The summed E-state index contributed by atoms with van der Waals surface area (Å²) in [6, 6.07) is 0. The molecule has 6 nitrogen and oxygen atoms in total. The van der Waals surface area contributed by atoms with Crippen molar-refractivity contribution in [1.29, 1.82) is 0 Å². The standard InChI is InChI=1S/C3H8N2O4S2/c1-2-3(10(6)7)11(8,9)5-4/h2-3,5H,1,4H2,(H,6,7)/p-1. The van der Waals surface area contributed by atoms with Gasteiger partial charge in [0.2, 0.25) is 10.0 Å². The first-order chi connectivity index (χ1) is 4.95. The molecule has 8 heteroatoms. The van der Waals surface area contributed by atoms with E-state index in [0.717, 1.165) is 6.08 Å². The lowest BCUT2D eigenvalue weighted by atomic mass is 10.8. The predicted molar refractivity (Wildman–Crippen MR) is 39.1 cm³/mol. The molecule has 0 spiro atoms. The Morgan fingerprint density at radius 3 is 2.27 bits per heavy atom. The second-order valence-electron chi connectivity index (χ2n) is 1.53. The second-order valence-corrected chi connectivity index (χ2v) is 4.69. The largest absolute Gasteiger partial charge is 0.771 e. The highest BCUT2D eigenvalue weighted by Crippen LogP contribution is 2.01. The molecule has 0 fully saturated rings. The molecule has 2 unspecified atom stereocenters. The molecule has 0 saturated heterocycles. The molecule has 0 amide bonds. The van der Waals surface area contributed by atoms with Crippen molar-refractivity contribution in [3.8, 4) is 0 Å². The van der Waals surface area contributed by atoms with Crippen molar-refractivity contribution >= 4 is 21.1 Å². The van der Waals surface area contributed by atoms with E-state index in [9.17, 15) is 17.2 Å². The monoisotopic (exact) mass is 199 g/mol. The van der Waals surface area contributed by atoms with Gasteiger partial charge in [-0.1, -0.05) is 6.08 Å². The fraction of sp³-hybridized carbons (Fsp3) is 0.333. The van der Waals surface area contributed by atoms with Crippen LogP contribution in [0.1, 0.15) is 0 Å². The molecule has 0 radical (unpaired) electrons. The van der Waals surface area contributed by atoms with Gasteiger partial charge in [-0.05, 0) is 11.1 Å². The Bertz CT molecular complexity index is 259. The van der Waals surface area contributed by atoms with Gasteiger partial charge in [-0.25, -0.2) is 8.42 Å². The van der Waals surface area contributed by atoms with Crippen LogP contribution in [0.3, 0.4) is 0 Å². The molecule has 0 saturated carbocycles. The van der Waals surface area contributed by atoms with Crippen LogP contribution in [-0.2, 0) is 21.1 Å². The van der Waals surface area contributed by atoms with Gasteiger partial charge in [-0.15, -0.1) is 6.58 Å². The smallest absolute Gasteiger partial charge is 0.241 e. The minimum absolute atomic E-state index is 0.762. The zero-order chi connectivity index (χ0) is 9.07. The number of sulfonamides is 1.